The second-order valence-corrected chi connectivity index (χ2v) is 6.94. The summed E-state index contributed by atoms with van der Waals surface area (Å²) < 4.78 is 26.4. The van der Waals surface area contributed by atoms with Crippen LogP contribution in [-0.4, -0.2) is 12.5 Å². The van der Waals surface area contributed by atoms with Crippen LogP contribution in [0, 0.1) is 11.6 Å². The first-order chi connectivity index (χ1) is 12.5. The van der Waals surface area contributed by atoms with E-state index in [1.807, 2.05) is 17.5 Å². The van der Waals surface area contributed by atoms with E-state index in [9.17, 15) is 13.6 Å². The van der Waals surface area contributed by atoms with E-state index in [1.54, 1.807) is 23.5 Å². The Morgan fingerprint density at radius 2 is 1.88 bits per heavy atom. The number of hydrogen-bond acceptors (Lipinski definition) is 3. The summed E-state index contributed by atoms with van der Waals surface area (Å²) in [7, 11) is 0. The van der Waals surface area contributed by atoms with Gasteiger partial charge in [-0.2, -0.15) is 0 Å². The summed E-state index contributed by atoms with van der Waals surface area (Å²) in [6.45, 7) is 0.0228. The van der Waals surface area contributed by atoms with E-state index in [1.165, 1.54) is 30.3 Å². The summed E-state index contributed by atoms with van der Waals surface area (Å²) in [5.41, 5.74) is 1.27. The lowest BCUT2D eigenvalue weighted by Crippen LogP contribution is -2.31. The fourth-order valence-corrected chi connectivity index (χ4v) is 3.47. The number of anilines is 1. The molecule has 134 valence electrons. The molecular formula is C19H15ClF2N2OS. The number of hydrogen-bond donors (Lipinski definition) is 2. The molecule has 2 N–H and O–H groups in total. The quantitative estimate of drug-likeness (QED) is 0.620. The molecule has 0 saturated heterocycles. The molecule has 1 aromatic heterocycles. The standard InChI is InChI=1S/C19H15ClF2N2OS/c20-15-10-14(7-8-16(15)22)24-18(25)11-23-19(17-2-1-9-26-17)12-3-5-13(21)6-4-12/h1-10,19,23H,11H2,(H,24,25)/t19-/m1/s1. The number of benzene rings is 2. The molecule has 0 spiro atoms. The highest BCUT2D eigenvalue weighted by molar-refractivity contribution is 7.10. The molecule has 1 heterocycles. The van der Waals surface area contributed by atoms with Crippen LogP contribution in [-0.2, 0) is 4.79 Å². The average molecular weight is 393 g/mol. The zero-order valence-corrected chi connectivity index (χ0v) is 15.1. The van der Waals surface area contributed by atoms with Gasteiger partial charge >= 0.3 is 0 Å². The van der Waals surface area contributed by atoms with Gasteiger partial charge in [0.1, 0.15) is 11.6 Å². The fourth-order valence-electron chi connectivity index (χ4n) is 2.47. The van der Waals surface area contributed by atoms with E-state index in [4.69, 9.17) is 11.6 Å². The Kier molecular flexibility index (Phi) is 5.98. The molecule has 1 atom stereocenters. The molecule has 0 aliphatic carbocycles. The lowest BCUT2D eigenvalue weighted by atomic mass is 10.1. The molecule has 0 unspecified atom stereocenters. The Hall–Kier alpha value is -2.28. The van der Waals surface area contributed by atoms with Gasteiger partial charge in [-0.3, -0.25) is 10.1 Å². The van der Waals surface area contributed by atoms with Gasteiger partial charge in [-0.05, 0) is 47.3 Å². The van der Waals surface area contributed by atoms with E-state index in [0.717, 1.165) is 10.4 Å². The molecule has 3 rings (SSSR count). The number of rotatable bonds is 6. The number of nitrogens with one attached hydrogen (secondary N) is 2. The lowest BCUT2D eigenvalue weighted by molar-refractivity contribution is -0.115. The van der Waals surface area contributed by atoms with Crippen molar-refractivity contribution >= 4 is 34.5 Å². The van der Waals surface area contributed by atoms with Crippen LogP contribution in [0.2, 0.25) is 5.02 Å². The minimum atomic E-state index is -0.545. The largest absolute Gasteiger partial charge is 0.325 e. The van der Waals surface area contributed by atoms with Crippen molar-refractivity contribution in [2.45, 2.75) is 6.04 Å². The van der Waals surface area contributed by atoms with Crippen molar-refractivity contribution in [3.63, 3.8) is 0 Å². The number of amides is 1. The first-order valence-electron chi connectivity index (χ1n) is 7.80. The summed E-state index contributed by atoms with van der Waals surface area (Å²) in [5, 5.41) is 7.72. The van der Waals surface area contributed by atoms with E-state index in [2.05, 4.69) is 10.6 Å². The Morgan fingerprint density at radius 3 is 2.54 bits per heavy atom. The Balaban J connectivity index is 1.68. The van der Waals surface area contributed by atoms with Gasteiger partial charge in [0.2, 0.25) is 5.91 Å². The Labute approximate surface area is 158 Å². The van der Waals surface area contributed by atoms with Crippen LogP contribution >= 0.6 is 22.9 Å². The molecule has 2 aromatic carbocycles. The summed E-state index contributed by atoms with van der Waals surface area (Å²) >= 11 is 7.26. The summed E-state index contributed by atoms with van der Waals surface area (Å²) in [5.74, 6) is -1.15. The van der Waals surface area contributed by atoms with E-state index in [0.29, 0.717) is 5.69 Å². The van der Waals surface area contributed by atoms with Crippen molar-refractivity contribution < 1.29 is 13.6 Å². The minimum Gasteiger partial charge on any atom is -0.325 e. The highest BCUT2D eigenvalue weighted by atomic mass is 35.5. The van der Waals surface area contributed by atoms with Gasteiger partial charge in [0.25, 0.3) is 0 Å². The van der Waals surface area contributed by atoms with Gasteiger partial charge < -0.3 is 5.32 Å². The van der Waals surface area contributed by atoms with Crippen molar-refractivity contribution in [3.8, 4) is 0 Å². The van der Waals surface area contributed by atoms with Gasteiger partial charge in [-0.25, -0.2) is 8.78 Å². The third-order valence-corrected chi connectivity index (χ3v) is 4.93. The fraction of sp³-hybridized carbons (Fsp3) is 0.105. The van der Waals surface area contributed by atoms with Crippen LogP contribution in [0.3, 0.4) is 0 Å². The molecule has 0 fully saturated rings. The molecule has 7 heteroatoms. The molecule has 3 nitrogen and oxygen atoms in total. The zero-order valence-electron chi connectivity index (χ0n) is 13.5. The lowest BCUT2D eigenvalue weighted by Gasteiger charge is -2.18. The van der Waals surface area contributed by atoms with Crippen molar-refractivity contribution in [1.29, 1.82) is 0 Å². The number of halogens is 3. The highest BCUT2D eigenvalue weighted by Gasteiger charge is 2.16. The second-order valence-electron chi connectivity index (χ2n) is 5.56. The predicted octanol–water partition coefficient (Wildman–Crippen LogP) is 5.00. The first kappa shape index (κ1) is 18.5. The van der Waals surface area contributed by atoms with Gasteiger partial charge in [0.05, 0.1) is 17.6 Å². The molecule has 0 aliphatic rings. The normalized spacial score (nSPS) is 12.0. The highest BCUT2D eigenvalue weighted by Crippen LogP contribution is 2.26. The van der Waals surface area contributed by atoms with Crippen LogP contribution in [0.25, 0.3) is 0 Å². The van der Waals surface area contributed by atoms with E-state index >= 15 is 0 Å². The van der Waals surface area contributed by atoms with Crippen LogP contribution in [0.5, 0.6) is 0 Å². The van der Waals surface area contributed by atoms with Crippen molar-refractivity contribution in [2.75, 3.05) is 11.9 Å². The zero-order chi connectivity index (χ0) is 18.5. The molecule has 0 aliphatic heterocycles. The predicted molar refractivity (Wildman–Crippen MR) is 101 cm³/mol. The molecule has 0 saturated carbocycles. The number of thiophene rings is 1. The summed E-state index contributed by atoms with van der Waals surface area (Å²) in [4.78, 5) is 13.2. The number of carbonyl (C=O) groups excluding carboxylic acids is 1. The molecule has 3 aromatic rings. The van der Waals surface area contributed by atoms with Crippen molar-refractivity contribution in [2.24, 2.45) is 0 Å². The van der Waals surface area contributed by atoms with Crippen molar-refractivity contribution in [3.05, 3.63) is 87.1 Å². The smallest absolute Gasteiger partial charge is 0.238 e. The van der Waals surface area contributed by atoms with Crippen LogP contribution in [0.4, 0.5) is 14.5 Å². The third kappa shape index (κ3) is 4.66. The SMILES string of the molecule is O=C(CN[C@H](c1ccc(F)cc1)c1cccs1)Nc1ccc(F)c(Cl)c1. The molecule has 1 amide bonds. The molecular weight excluding hydrogens is 378 g/mol. The van der Waals surface area contributed by atoms with Gasteiger partial charge in [-0.1, -0.05) is 29.8 Å². The van der Waals surface area contributed by atoms with Crippen molar-refractivity contribution in [1.82, 2.24) is 5.32 Å². The number of carbonyl (C=O) groups is 1. The second kappa shape index (κ2) is 8.40. The minimum absolute atomic E-state index is 0.0228. The Bertz CT molecular complexity index is 885. The van der Waals surface area contributed by atoms with E-state index in [-0.39, 0.29) is 29.3 Å². The average Bonchev–Trinajstić information content (AvgIpc) is 3.14. The third-order valence-electron chi connectivity index (χ3n) is 3.70. The van der Waals surface area contributed by atoms with Gasteiger partial charge in [0, 0.05) is 10.6 Å². The van der Waals surface area contributed by atoms with Crippen LogP contribution in [0.1, 0.15) is 16.5 Å². The summed E-state index contributed by atoms with van der Waals surface area (Å²) in [6.07, 6.45) is 0. The first-order valence-corrected chi connectivity index (χ1v) is 9.06. The maximum Gasteiger partial charge on any atom is 0.238 e. The molecule has 0 bridgehead atoms. The van der Waals surface area contributed by atoms with Gasteiger partial charge in [-0.15, -0.1) is 11.3 Å². The Morgan fingerprint density at radius 1 is 1.12 bits per heavy atom. The van der Waals surface area contributed by atoms with Crippen LogP contribution < -0.4 is 10.6 Å². The van der Waals surface area contributed by atoms with Crippen LogP contribution in [0.15, 0.2) is 60.0 Å². The molecule has 0 radical (unpaired) electrons. The summed E-state index contributed by atoms with van der Waals surface area (Å²) in [6, 6.07) is 13.8. The van der Waals surface area contributed by atoms with E-state index < -0.39 is 5.82 Å². The topological polar surface area (TPSA) is 41.1 Å². The van der Waals surface area contributed by atoms with Gasteiger partial charge in [0.15, 0.2) is 0 Å². The maximum absolute atomic E-state index is 13.2. The molecule has 26 heavy (non-hydrogen) atoms. The monoisotopic (exact) mass is 392 g/mol. The maximum atomic E-state index is 13.2.